The molecule has 20 heavy (non-hydrogen) atoms. The molecule has 1 saturated carbocycles. The average Bonchev–Trinajstić information content (AvgIpc) is 3.25. The van der Waals surface area contributed by atoms with Gasteiger partial charge in [-0.25, -0.2) is 0 Å². The van der Waals surface area contributed by atoms with Crippen LogP contribution < -0.4 is 4.74 Å². The van der Waals surface area contributed by atoms with E-state index in [4.69, 9.17) is 10.00 Å². The van der Waals surface area contributed by atoms with Crippen molar-refractivity contribution in [3.8, 4) is 11.8 Å². The van der Waals surface area contributed by atoms with Crippen LogP contribution in [0, 0.1) is 16.7 Å². The van der Waals surface area contributed by atoms with Gasteiger partial charge in [-0.3, -0.25) is 0 Å². The summed E-state index contributed by atoms with van der Waals surface area (Å²) in [6.45, 7) is 0.652. The Labute approximate surface area is 127 Å². The summed E-state index contributed by atoms with van der Waals surface area (Å²) in [6, 6.07) is 14.8. The summed E-state index contributed by atoms with van der Waals surface area (Å²) in [7, 11) is 0. The summed E-state index contributed by atoms with van der Waals surface area (Å²) in [5.74, 6) is 0.935. The first-order chi connectivity index (χ1) is 9.78. The van der Waals surface area contributed by atoms with E-state index in [2.05, 4.69) is 46.3 Å². The third-order valence-electron chi connectivity index (χ3n) is 4.08. The number of hydrogen-bond acceptors (Lipinski definition) is 2. The molecular weight excluding hydrogens is 314 g/mol. The summed E-state index contributed by atoms with van der Waals surface area (Å²) in [5.41, 5.74) is 1.31. The Morgan fingerprint density at radius 2 is 2.00 bits per heavy atom. The van der Waals surface area contributed by atoms with Crippen molar-refractivity contribution in [3.05, 3.63) is 42.0 Å². The number of halogens is 1. The molecule has 0 aliphatic heterocycles. The molecule has 102 valence electrons. The van der Waals surface area contributed by atoms with Gasteiger partial charge in [-0.1, -0.05) is 46.3 Å². The minimum atomic E-state index is 0.115. The van der Waals surface area contributed by atoms with Gasteiger partial charge in [-0.2, -0.15) is 5.26 Å². The Morgan fingerprint density at radius 3 is 2.70 bits per heavy atom. The molecule has 0 heterocycles. The fourth-order valence-electron chi connectivity index (χ4n) is 2.54. The largest absolute Gasteiger partial charge is 0.493 e. The SMILES string of the molecule is N#CCC1(COc2ccc3ccccc3c2CBr)CC1. The minimum absolute atomic E-state index is 0.115. The highest BCUT2D eigenvalue weighted by molar-refractivity contribution is 9.08. The maximum Gasteiger partial charge on any atom is 0.124 e. The molecule has 1 fully saturated rings. The molecular formula is C17H16BrNO. The molecule has 2 aromatic rings. The Balaban J connectivity index is 1.86. The fourth-order valence-corrected chi connectivity index (χ4v) is 3.11. The van der Waals surface area contributed by atoms with E-state index in [1.165, 1.54) is 16.3 Å². The van der Waals surface area contributed by atoms with Gasteiger partial charge in [0.15, 0.2) is 0 Å². The Kier molecular flexibility index (Phi) is 3.67. The van der Waals surface area contributed by atoms with Crippen molar-refractivity contribution in [2.75, 3.05) is 6.61 Å². The van der Waals surface area contributed by atoms with E-state index in [0.29, 0.717) is 13.0 Å². The van der Waals surface area contributed by atoms with Crippen LogP contribution in [0.1, 0.15) is 24.8 Å². The lowest BCUT2D eigenvalue weighted by Gasteiger charge is -2.16. The maximum absolute atomic E-state index is 8.87. The summed E-state index contributed by atoms with van der Waals surface area (Å²) in [4.78, 5) is 0. The predicted octanol–water partition coefficient (Wildman–Crippen LogP) is 4.81. The Bertz CT molecular complexity index is 670. The van der Waals surface area contributed by atoms with Crippen LogP contribution in [0.5, 0.6) is 5.75 Å². The molecule has 0 bridgehead atoms. The molecule has 3 rings (SSSR count). The number of hydrogen-bond donors (Lipinski definition) is 0. The van der Waals surface area contributed by atoms with Crippen LogP contribution in [-0.4, -0.2) is 6.61 Å². The van der Waals surface area contributed by atoms with Gasteiger partial charge in [-0.05, 0) is 29.7 Å². The molecule has 1 aliphatic carbocycles. The smallest absolute Gasteiger partial charge is 0.124 e. The third-order valence-corrected chi connectivity index (χ3v) is 4.64. The molecule has 2 aromatic carbocycles. The van der Waals surface area contributed by atoms with Crippen LogP contribution in [-0.2, 0) is 5.33 Å². The van der Waals surface area contributed by atoms with Crippen LogP contribution in [0.15, 0.2) is 36.4 Å². The highest BCUT2D eigenvalue weighted by Crippen LogP contribution is 2.49. The number of alkyl halides is 1. The van der Waals surface area contributed by atoms with Gasteiger partial charge in [0, 0.05) is 22.7 Å². The Hall–Kier alpha value is -1.53. The maximum atomic E-state index is 8.87. The summed E-state index contributed by atoms with van der Waals surface area (Å²) in [5, 5.41) is 12.1. The van der Waals surface area contributed by atoms with Crippen molar-refractivity contribution in [3.63, 3.8) is 0 Å². The molecule has 3 heteroatoms. The van der Waals surface area contributed by atoms with E-state index >= 15 is 0 Å². The van der Waals surface area contributed by atoms with Gasteiger partial charge in [0.2, 0.25) is 0 Å². The molecule has 0 amide bonds. The number of nitrogens with zero attached hydrogens (tertiary/aromatic N) is 1. The van der Waals surface area contributed by atoms with Crippen molar-refractivity contribution in [2.45, 2.75) is 24.6 Å². The molecule has 2 nitrogen and oxygen atoms in total. The summed E-state index contributed by atoms with van der Waals surface area (Å²) >= 11 is 3.56. The van der Waals surface area contributed by atoms with Gasteiger partial charge in [-0.15, -0.1) is 0 Å². The topological polar surface area (TPSA) is 33.0 Å². The lowest BCUT2D eigenvalue weighted by atomic mass is 10.0. The van der Waals surface area contributed by atoms with Gasteiger partial charge >= 0.3 is 0 Å². The fraction of sp³-hybridized carbons (Fsp3) is 0.353. The van der Waals surface area contributed by atoms with Gasteiger partial charge in [0.25, 0.3) is 0 Å². The number of rotatable bonds is 5. The second-order valence-electron chi connectivity index (χ2n) is 5.52. The van der Waals surface area contributed by atoms with E-state index in [1.54, 1.807) is 0 Å². The quantitative estimate of drug-likeness (QED) is 0.737. The first kappa shape index (κ1) is 13.5. The van der Waals surface area contributed by atoms with E-state index in [0.717, 1.165) is 23.9 Å². The zero-order chi connectivity index (χ0) is 14.0. The normalized spacial score (nSPS) is 15.8. The number of nitriles is 1. The molecule has 0 N–H and O–H groups in total. The van der Waals surface area contributed by atoms with E-state index in [9.17, 15) is 0 Å². The zero-order valence-electron chi connectivity index (χ0n) is 11.2. The van der Waals surface area contributed by atoms with Crippen molar-refractivity contribution < 1.29 is 4.74 Å². The highest BCUT2D eigenvalue weighted by Gasteiger charge is 2.43. The van der Waals surface area contributed by atoms with Crippen LogP contribution in [0.25, 0.3) is 10.8 Å². The van der Waals surface area contributed by atoms with E-state index in [1.807, 2.05) is 12.1 Å². The number of fused-ring (bicyclic) bond motifs is 1. The number of benzene rings is 2. The number of ether oxygens (including phenoxy) is 1. The van der Waals surface area contributed by atoms with Crippen molar-refractivity contribution in [1.29, 1.82) is 5.26 Å². The zero-order valence-corrected chi connectivity index (χ0v) is 12.8. The summed E-state index contributed by atoms with van der Waals surface area (Å²) < 4.78 is 6.03. The molecule has 0 aromatic heterocycles. The van der Waals surface area contributed by atoms with Gasteiger partial charge in [0.05, 0.1) is 12.7 Å². The van der Waals surface area contributed by atoms with E-state index in [-0.39, 0.29) is 5.41 Å². The van der Waals surface area contributed by atoms with Crippen LogP contribution in [0.2, 0.25) is 0 Å². The minimum Gasteiger partial charge on any atom is -0.493 e. The Morgan fingerprint density at radius 1 is 1.20 bits per heavy atom. The van der Waals surface area contributed by atoms with Gasteiger partial charge < -0.3 is 4.74 Å². The first-order valence-corrected chi connectivity index (χ1v) is 7.96. The highest BCUT2D eigenvalue weighted by atomic mass is 79.9. The summed E-state index contributed by atoms with van der Waals surface area (Å²) in [6.07, 6.45) is 2.82. The van der Waals surface area contributed by atoms with Crippen molar-refractivity contribution in [1.82, 2.24) is 0 Å². The first-order valence-electron chi connectivity index (χ1n) is 6.84. The van der Waals surface area contributed by atoms with Gasteiger partial charge in [0.1, 0.15) is 5.75 Å². The van der Waals surface area contributed by atoms with Crippen LogP contribution in [0.3, 0.4) is 0 Å². The van der Waals surface area contributed by atoms with E-state index < -0.39 is 0 Å². The third kappa shape index (κ3) is 2.53. The lowest BCUT2D eigenvalue weighted by molar-refractivity contribution is 0.236. The second-order valence-corrected chi connectivity index (χ2v) is 6.08. The predicted molar refractivity (Wildman–Crippen MR) is 84.0 cm³/mol. The molecule has 0 radical (unpaired) electrons. The van der Waals surface area contributed by atoms with Crippen LogP contribution in [0.4, 0.5) is 0 Å². The standard InChI is InChI=1S/C17H16BrNO/c18-11-15-14-4-2-1-3-13(14)5-6-16(15)20-12-17(7-8-17)9-10-19/h1-6H,7-9,11-12H2. The van der Waals surface area contributed by atoms with Crippen LogP contribution >= 0.6 is 15.9 Å². The molecule has 0 spiro atoms. The lowest BCUT2D eigenvalue weighted by Crippen LogP contribution is -2.13. The molecule has 0 unspecified atom stereocenters. The monoisotopic (exact) mass is 329 g/mol. The molecule has 0 atom stereocenters. The van der Waals surface area contributed by atoms with Crippen molar-refractivity contribution in [2.24, 2.45) is 5.41 Å². The molecule has 0 saturated heterocycles. The average molecular weight is 330 g/mol. The molecule has 1 aliphatic rings. The van der Waals surface area contributed by atoms with Crippen molar-refractivity contribution >= 4 is 26.7 Å². The second kappa shape index (κ2) is 5.46.